The number of para-hydroxylation sites is 1. The molecule has 1 aromatic carbocycles. The summed E-state index contributed by atoms with van der Waals surface area (Å²) in [6.45, 7) is 5.11. The smallest absolute Gasteiger partial charge is 0.262 e. The Hall–Kier alpha value is -2.67. The highest BCUT2D eigenvalue weighted by Gasteiger charge is 2.24. The number of rotatable bonds is 6. The molecule has 0 aliphatic heterocycles. The zero-order valence-electron chi connectivity index (χ0n) is 18.2. The lowest BCUT2D eigenvalue weighted by molar-refractivity contribution is 0.101. The number of hydrogen-bond donors (Lipinski definition) is 1. The van der Waals surface area contributed by atoms with Gasteiger partial charge in [0, 0.05) is 17.3 Å². The first kappa shape index (κ1) is 21.6. The molecule has 1 saturated carbocycles. The number of aromatic nitrogens is 3. The molecule has 7 heteroatoms. The van der Waals surface area contributed by atoms with Crippen LogP contribution in [0.15, 0.2) is 34.2 Å². The van der Waals surface area contributed by atoms with Gasteiger partial charge in [-0.05, 0) is 51.3 Å². The van der Waals surface area contributed by atoms with Gasteiger partial charge in [0.2, 0.25) is 0 Å². The summed E-state index contributed by atoms with van der Waals surface area (Å²) < 4.78 is 1.81. The highest BCUT2D eigenvalue weighted by molar-refractivity contribution is 7.99. The Labute approximate surface area is 185 Å². The average molecular weight is 438 g/mol. The topological polar surface area (TPSA) is 84.8 Å². The van der Waals surface area contributed by atoms with Crippen LogP contribution in [0.1, 0.15) is 77.2 Å². The number of hydrogen-bond acceptors (Lipinski definition) is 5. The van der Waals surface area contributed by atoms with Gasteiger partial charge in [-0.25, -0.2) is 4.98 Å². The molecule has 1 N–H and O–H groups in total. The molecule has 1 fully saturated rings. The maximum absolute atomic E-state index is 13.3. The summed E-state index contributed by atoms with van der Waals surface area (Å²) in [6.07, 6.45) is 5.30. The monoisotopic (exact) mass is 437 g/mol. The number of aromatic amines is 1. The highest BCUT2D eigenvalue weighted by atomic mass is 32.2. The molecule has 1 aliphatic carbocycles. The molecule has 4 rings (SSSR count). The molecule has 6 nitrogen and oxygen atoms in total. The largest absolute Gasteiger partial charge is 0.355 e. The third-order valence-electron chi connectivity index (χ3n) is 6.12. The molecule has 162 valence electrons. The molecule has 0 radical (unpaired) electrons. The Balaban J connectivity index is 1.68. The maximum Gasteiger partial charge on any atom is 0.262 e. The molecule has 0 spiro atoms. The predicted molar refractivity (Wildman–Crippen MR) is 123 cm³/mol. The van der Waals surface area contributed by atoms with Gasteiger partial charge in [0.05, 0.1) is 22.3 Å². The van der Waals surface area contributed by atoms with Gasteiger partial charge in [0.25, 0.3) is 5.56 Å². The molecule has 0 saturated heterocycles. The minimum Gasteiger partial charge on any atom is -0.355 e. The summed E-state index contributed by atoms with van der Waals surface area (Å²) in [7, 11) is 0. The molecule has 0 atom stereocenters. The zero-order valence-corrected chi connectivity index (χ0v) is 19.0. The molecule has 2 aromatic heterocycles. The number of H-pyrrole nitrogens is 1. The molecular weight excluding hydrogens is 410 g/mol. The van der Waals surface area contributed by atoms with Crippen LogP contribution in [-0.4, -0.2) is 31.9 Å². The van der Waals surface area contributed by atoms with Crippen molar-refractivity contribution in [3.05, 3.63) is 57.1 Å². The quantitative estimate of drug-likeness (QED) is 0.332. The van der Waals surface area contributed by atoms with Crippen LogP contribution in [0.5, 0.6) is 0 Å². The van der Waals surface area contributed by atoms with Gasteiger partial charge in [-0.15, -0.1) is 0 Å². The van der Waals surface area contributed by atoms with E-state index in [1.807, 2.05) is 28.8 Å². The fraction of sp³-hybridized carbons (Fsp3) is 0.417. The van der Waals surface area contributed by atoms with Gasteiger partial charge >= 0.3 is 0 Å². The zero-order chi connectivity index (χ0) is 22.1. The third kappa shape index (κ3) is 4.11. The number of aryl methyl sites for hydroxylation is 1. The van der Waals surface area contributed by atoms with E-state index >= 15 is 0 Å². The number of fused-ring (bicyclic) bond motifs is 1. The average Bonchev–Trinajstić information content (AvgIpc) is 3.07. The number of nitrogens with one attached hydrogen (secondary N) is 1. The Morgan fingerprint density at radius 2 is 1.87 bits per heavy atom. The first-order valence-electron chi connectivity index (χ1n) is 10.8. The van der Waals surface area contributed by atoms with Crippen LogP contribution in [0, 0.1) is 13.8 Å². The first-order chi connectivity index (χ1) is 14.9. The van der Waals surface area contributed by atoms with Crippen LogP contribution in [0.2, 0.25) is 0 Å². The number of ketones is 2. The van der Waals surface area contributed by atoms with E-state index in [1.54, 1.807) is 13.8 Å². The fourth-order valence-electron chi connectivity index (χ4n) is 4.65. The van der Waals surface area contributed by atoms with Gasteiger partial charge in [-0.2, -0.15) is 0 Å². The second kappa shape index (κ2) is 8.83. The van der Waals surface area contributed by atoms with Crippen LogP contribution in [0.4, 0.5) is 0 Å². The van der Waals surface area contributed by atoms with Crippen LogP contribution in [0.25, 0.3) is 10.9 Å². The van der Waals surface area contributed by atoms with Gasteiger partial charge in [-0.1, -0.05) is 43.2 Å². The molecule has 2 heterocycles. The number of carbonyl (C=O) groups excluding carboxylic acids is 2. The molecule has 1 aliphatic rings. The van der Waals surface area contributed by atoms with Crippen molar-refractivity contribution in [2.45, 2.75) is 64.1 Å². The number of Topliss-reactive ketones (excluding diaryl/α,β-unsaturated/α-hetero) is 2. The van der Waals surface area contributed by atoms with Crippen molar-refractivity contribution in [1.82, 2.24) is 14.5 Å². The van der Waals surface area contributed by atoms with Crippen molar-refractivity contribution in [3.8, 4) is 0 Å². The number of carbonyl (C=O) groups is 2. The van der Waals surface area contributed by atoms with Crippen molar-refractivity contribution in [1.29, 1.82) is 0 Å². The van der Waals surface area contributed by atoms with Crippen molar-refractivity contribution >= 4 is 34.2 Å². The Morgan fingerprint density at radius 1 is 1.16 bits per heavy atom. The summed E-state index contributed by atoms with van der Waals surface area (Å²) in [5, 5.41) is 1.21. The van der Waals surface area contributed by atoms with E-state index in [9.17, 15) is 14.4 Å². The molecule has 0 unspecified atom stereocenters. The SMILES string of the molecule is CC(=O)c1c(C)[nH]c(C(=O)CSc2nc3ccccc3c(=O)n2C2CCCCC2)c1C. The number of thioether (sulfide) groups is 1. The lowest BCUT2D eigenvalue weighted by Crippen LogP contribution is -2.29. The number of nitrogens with zero attached hydrogens (tertiary/aromatic N) is 2. The van der Waals surface area contributed by atoms with E-state index in [4.69, 9.17) is 4.98 Å². The van der Waals surface area contributed by atoms with Crippen LogP contribution < -0.4 is 5.56 Å². The first-order valence-corrected chi connectivity index (χ1v) is 11.7. The number of benzene rings is 1. The van der Waals surface area contributed by atoms with Gasteiger partial charge in [0.15, 0.2) is 16.7 Å². The Morgan fingerprint density at radius 3 is 2.55 bits per heavy atom. The predicted octanol–water partition coefficient (Wildman–Crippen LogP) is 5.02. The van der Waals surface area contributed by atoms with E-state index in [0.717, 1.165) is 25.7 Å². The summed E-state index contributed by atoms with van der Waals surface area (Å²) in [4.78, 5) is 46.0. The third-order valence-corrected chi connectivity index (χ3v) is 7.07. The van der Waals surface area contributed by atoms with Gasteiger partial charge < -0.3 is 4.98 Å². The van der Waals surface area contributed by atoms with Gasteiger partial charge in [0.1, 0.15) is 0 Å². The van der Waals surface area contributed by atoms with Gasteiger partial charge in [-0.3, -0.25) is 19.0 Å². The van der Waals surface area contributed by atoms with E-state index < -0.39 is 0 Å². The fourth-order valence-corrected chi connectivity index (χ4v) is 5.59. The normalized spacial score (nSPS) is 14.8. The molecule has 0 amide bonds. The molecule has 0 bridgehead atoms. The van der Waals surface area contributed by atoms with Crippen LogP contribution >= 0.6 is 11.8 Å². The second-order valence-electron chi connectivity index (χ2n) is 8.27. The minimum atomic E-state index is -0.101. The molecular formula is C24H27N3O3S. The minimum absolute atomic E-state index is 0.0294. The lowest BCUT2D eigenvalue weighted by Gasteiger charge is -2.26. The van der Waals surface area contributed by atoms with Crippen molar-refractivity contribution in [2.24, 2.45) is 0 Å². The van der Waals surface area contributed by atoms with E-state index in [0.29, 0.717) is 38.6 Å². The summed E-state index contributed by atoms with van der Waals surface area (Å²) in [6, 6.07) is 7.50. The van der Waals surface area contributed by atoms with Crippen molar-refractivity contribution < 1.29 is 9.59 Å². The summed E-state index contributed by atoms with van der Waals surface area (Å²) in [5.41, 5.74) is 3.06. The van der Waals surface area contributed by atoms with Crippen molar-refractivity contribution in [3.63, 3.8) is 0 Å². The van der Waals surface area contributed by atoms with Crippen molar-refractivity contribution in [2.75, 3.05) is 5.75 Å². The van der Waals surface area contributed by atoms with Crippen LogP contribution in [0.3, 0.4) is 0 Å². The Kier molecular flexibility index (Phi) is 6.14. The Bertz CT molecular complexity index is 1220. The molecule has 3 aromatic rings. The summed E-state index contributed by atoms with van der Waals surface area (Å²) in [5.74, 6) is -0.00804. The van der Waals surface area contributed by atoms with E-state index in [1.165, 1.54) is 25.1 Å². The van der Waals surface area contributed by atoms with E-state index in [-0.39, 0.29) is 28.9 Å². The lowest BCUT2D eigenvalue weighted by atomic mass is 9.95. The van der Waals surface area contributed by atoms with Crippen LogP contribution in [-0.2, 0) is 0 Å². The van der Waals surface area contributed by atoms with E-state index in [2.05, 4.69) is 4.98 Å². The molecule has 31 heavy (non-hydrogen) atoms. The highest BCUT2D eigenvalue weighted by Crippen LogP contribution is 2.31. The maximum atomic E-state index is 13.3. The standard InChI is InChI=1S/C24H27N3O3S/c1-14-21(16(3)28)15(2)25-22(14)20(29)13-31-24-26-19-12-8-7-11-18(19)23(30)27(24)17-9-5-4-6-10-17/h7-8,11-12,17,25H,4-6,9-10,13H2,1-3H3. The second-order valence-corrected chi connectivity index (χ2v) is 9.21. The summed E-state index contributed by atoms with van der Waals surface area (Å²) >= 11 is 1.30.